The van der Waals surface area contributed by atoms with Crippen molar-refractivity contribution in [3.8, 4) is 0 Å². The molecule has 80 valence electrons. The number of piperidine rings is 1. The summed E-state index contributed by atoms with van der Waals surface area (Å²) in [5.74, 6) is 0. The molecule has 2 aliphatic carbocycles. The van der Waals surface area contributed by atoms with Crippen molar-refractivity contribution in [2.45, 2.75) is 51.0 Å². The van der Waals surface area contributed by atoms with E-state index in [1.54, 1.807) is 0 Å². The van der Waals surface area contributed by atoms with Gasteiger partial charge in [-0.1, -0.05) is 0 Å². The number of rotatable bonds is 0. The first kappa shape index (κ1) is 9.17. The van der Waals surface area contributed by atoms with Crippen LogP contribution >= 0.6 is 0 Å². The Bertz CT molecular complexity index is 224. The van der Waals surface area contributed by atoms with Gasteiger partial charge in [-0.05, 0) is 55.8 Å². The maximum Gasteiger partial charge on any atom is 0.00392 e. The van der Waals surface area contributed by atoms with E-state index in [-0.39, 0.29) is 0 Å². The van der Waals surface area contributed by atoms with E-state index >= 15 is 0 Å². The molecular weight excluding hydrogens is 172 g/mol. The van der Waals surface area contributed by atoms with Crippen molar-refractivity contribution in [1.82, 2.24) is 5.32 Å². The molecule has 3 rings (SSSR count). The van der Waals surface area contributed by atoms with Crippen LogP contribution in [-0.2, 0) is 0 Å². The van der Waals surface area contributed by atoms with Gasteiger partial charge in [-0.25, -0.2) is 0 Å². The maximum absolute atomic E-state index is 5.99. The molecule has 3 fully saturated rings. The monoisotopic (exact) mass is 194 g/mol. The average Bonchev–Trinajstić information content (AvgIpc) is 2.91. The molecule has 0 aromatic carbocycles. The van der Waals surface area contributed by atoms with E-state index in [2.05, 4.69) is 5.32 Å². The van der Waals surface area contributed by atoms with Gasteiger partial charge in [-0.2, -0.15) is 0 Å². The van der Waals surface area contributed by atoms with Crippen LogP contribution in [0.25, 0.3) is 0 Å². The Hall–Kier alpha value is -0.0800. The van der Waals surface area contributed by atoms with Crippen LogP contribution in [-0.4, -0.2) is 19.1 Å². The fraction of sp³-hybridized carbons (Fsp3) is 1.00. The molecule has 14 heavy (non-hydrogen) atoms. The molecule has 2 saturated carbocycles. The van der Waals surface area contributed by atoms with Gasteiger partial charge >= 0.3 is 0 Å². The third kappa shape index (κ3) is 1.49. The average molecular weight is 194 g/mol. The number of hydrogen-bond acceptors (Lipinski definition) is 2. The fourth-order valence-corrected chi connectivity index (χ4v) is 3.65. The molecule has 0 unspecified atom stereocenters. The van der Waals surface area contributed by atoms with E-state index in [1.807, 2.05) is 0 Å². The minimum atomic E-state index is 0.498. The van der Waals surface area contributed by atoms with Crippen molar-refractivity contribution < 1.29 is 0 Å². The van der Waals surface area contributed by atoms with Crippen LogP contribution in [0, 0.1) is 10.8 Å². The molecule has 0 radical (unpaired) electrons. The first-order valence-electron chi connectivity index (χ1n) is 6.19. The van der Waals surface area contributed by atoms with Crippen LogP contribution in [0.5, 0.6) is 0 Å². The number of nitrogens with one attached hydrogen (secondary N) is 1. The van der Waals surface area contributed by atoms with E-state index in [0.717, 1.165) is 5.41 Å². The Kier molecular flexibility index (Phi) is 1.94. The normalized spacial score (nSPS) is 45.6. The topological polar surface area (TPSA) is 38.0 Å². The largest absolute Gasteiger partial charge is 0.328 e. The van der Waals surface area contributed by atoms with Crippen LogP contribution in [0.1, 0.15) is 44.9 Å². The van der Waals surface area contributed by atoms with Gasteiger partial charge in [0, 0.05) is 19.1 Å². The second-order valence-electron chi connectivity index (χ2n) is 6.12. The molecule has 0 aromatic heterocycles. The summed E-state index contributed by atoms with van der Waals surface area (Å²) < 4.78 is 0. The fourth-order valence-electron chi connectivity index (χ4n) is 3.65. The van der Waals surface area contributed by atoms with E-state index in [9.17, 15) is 0 Å². The Labute approximate surface area is 86.6 Å². The second-order valence-corrected chi connectivity index (χ2v) is 6.12. The minimum absolute atomic E-state index is 0.498. The van der Waals surface area contributed by atoms with E-state index in [4.69, 9.17) is 5.73 Å². The summed E-state index contributed by atoms with van der Waals surface area (Å²) >= 11 is 0. The van der Waals surface area contributed by atoms with Crippen molar-refractivity contribution >= 4 is 0 Å². The Morgan fingerprint density at radius 2 is 1.50 bits per heavy atom. The van der Waals surface area contributed by atoms with Gasteiger partial charge in [0.05, 0.1) is 0 Å². The highest BCUT2D eigenvalue weighted by Gasteiger charge is 2.51. The zero-order chi connectivity index (χ0) is 9.65. The van der Waals surface area contributed by atoms with E-state index in [1.165, 1.54) is 58.0 Å². The molecular formula is C12H22N2. The van der Waals surface area contributed by atoms with Crippen molar-refractivity contribution in [3.05, 3.63) is 0 Å². The predicted octanol–water partition coefficient (Wildman–Crippen LogP) is 1.65. The quantitative estimate of drug-likeness (QED) is 0.615. The molecule has 2 spiro atoms. The van der Waals surface area contributed by atoms with Crippen LogP contribution in [0.4, 0.5) is 0 Å². The summed E-state index contributed by atoms with van der Waals surface area (Å²) in [4.78, 5) is 0. The Morgan fingerprint density at radius 3 is 2.07 bits per heavy atom. The van der Waals surface area contributed by atoms with Gasteiger partial charge in [0.15, 0.2) is 0 Å². The zero-order valence-corrected chi connectivity index (χ0v) is 9.02. The van der Waals surface area contributed by atoms with Gasteiger partial charge in [0.1, 0.15) is 0 Å². The zero-order valence-electron chi connectivity index (χ0n) is 9.02. The maximum atomic E-state index is 5.99. The van der Waals surface area contributed by atoms with Crippen molar-refractivity contribution in [2.75, 3.05) is 13.1 Å². The molecule has 3 aliphatic rings. The Balaban J connectivity index is 1.70. The first-order chi connectivity index (χ1) is 6.72. The van der Waals surface area contributed by atoms with Gasteiger partial charge in [0.25, 0.3) is 0 Å². The van der Waals surface area contributed by atoms with Crippen LogP contribution < -0.4 is 11.1 Å². The van der Waals surface area contributed by atoms with Crippen molar-refractivity contribution in [2.24, 2.45) is 16.6 Å². The Morgan fingerprint density at radius 1 is 0.929 bits per heavy atom. The highest BCUT2D eigenvalue weighted by atomic mass is 14.9. The van der Waals surface area contributed by atoms with Gasteiger partial charge in [0.2, 0.25) is 0 Å². The first-order valence-corrected chi connectivity index (χ1v) is 6.19. The third-order valence-corrected chi connectivity index (χ3v) is 4.80. The summed E-state index contributed by atoms with van der Waals surface area (Å²) in [5.41, 5.74) is 7.37. The minimum Gasteiger partial charge on any atom is -0.328 e. The summed E-state index contributed by atoms with van der Waals surface area (Å²) in [6, 6.07) is 0.498. The van der Waals surface area contributed by atoms with Gasteiger partial charge in [-0.3, -0.25) is 0 Å². The van der Waals surface area contributed by atoms with Crippen LogP contribution in [0.3, 0.4) is 0 Å². The van der Waals surface area contributed by atoms with Crippen LogP contribution in [0.2, 0.25) is 0 Å². The predicted molar refractivity (Wildman–Crippen MR) is 58.0 cm³/mol. The molecule has 0 atom stereocenters. The lowest BCUT2D eigenvalue weighted by Gasteiger charge is -2.45. The highest BCUT2D eigenvalue weighted by molar-refractivity contribution is 5.05. The molecule has 0 bridgehead atoms. The highest BCUT2D eigenvalue weighted by Crippen LogP contribution is 2.57. The molecule has 0 amide bonds. The number of hydrogen-bond donors (Lipinski definition) is 2. The van der Waals surface area contributed by atoms with Gasteiger partial charge in [-0.15, -0.1) is 0 Å². The van der Waals surface area contributed by atoms with E-state index in [0.29, 0.717) is 11.5 Å². The van der Waals surface area contributed by atoms with Crippen molar-refractivity contribution in [3.63, 3.8) is 0 Å². The standard InChI is InChI=1S/C12H22N2/c13-10-1-3-11(4-2-10)7-12(5-6-12)9-14-8-11/h10,14H,1-9,13H2. The smallest absolute Gasteiger partial charge is 0.00392 e. The molecule has 2 heteroatoms. The summed E-state index contributed by atoms with van der Waals surface area (Å²) in [5, 5.41) is 3.67. The molecule has 1 aliphatic heterocycles. The van der Waals surface area contributed by atoms with E-state index < -0.39 is 0 Å². The molecule has 1 saturated heterocycles. The molecule has 0 aromatic rings. The third-order valence-electron chi connectivity index (χ3n) is 4.80. The lowest BCUT2D eigenvalue weighted by molar-refractivity contribution is 0.0877. The van der Waals surface area contributed by atoms with Gasteiger partial charge < -0.3 is 11.1 Å². The summed E-state index contributed by atoms with van der Waals surface area (Å²) in [6.07, 6.45) is 9.74. The lowest BCUT2D eigenvalue weighted by atomic mass is 9.65. The van der Waals surface area contributed by atoms with Crippen LogP contribution in [0.15, 0.2) is 0 Å². The molecule has 1 heterocycles. The number of nitrogens with two attached hydrogens (primary N) is 1. The molecule has 2 nitrogen and oxygen atoms in total. The molecule has 3 N–H and O–H groups in total. The second kappa shape index (κ2) is 2.96. The SMILES string of the molecule is NC1CCC2(CC1)CNCC1(CC1)C2. The summed E-state index contributed by atoms with van der Waals surface area (Å²) in [7, 11) is 0. The van der Waals surface area contributed by atoms with Crippen molar-refractivity contribution in [1.29, 1.82) is 0 Å². The summed E-state index contributed by atoms with van der Waals surface area (Å²) in [6.45, 7) is 2.56. The lowest BCUT2D eigenvalue weighted by Crippen LogP contribution is -2.48.